The van der Waals surface area contributed by atoms with Crippen molar-refractivity contribution < 1.29 is 28.2 Å². The Morgan fingerprint density at radius 2 is 1.82 bits per heavy atom. The number of aliphatic carboxylic acids is 1. The van der Waals surface area contributed by atoms with Crippen LogP contribution in [-0.2, 0) is 11.2 Å². The first-order valence-electron chi connectivity index (χ1n) is 4.63. The molecule has 0 radical (unpaired) electrons. The number of rotatable bonds is 4. The Balaban J connectivity index is 2.73. The molecule has 94 valence electrons. The highest BCUT2D eigenvalue weighted by Crippen LogP contribution is 2.15. The molecule has 0 aromatic heterocycles. The van der Waals surface area contributed by atoms with Gasteiger partial charge in [-0.05, 0) is 24.1 Å². The van der Waals surface area contributed by atoms with Crippen molar-refractivity contribution in [1.82, 2.24) is 5.32 Å². The molecule has 1 atom stereocenters. The topological polar surface area (TPSA) is 69.6 Å². The molecule has 4 nitrogen and oxygen atoms in total. The van der Waals surface area contributed by atoms with Crippen molar-refractivity contribution in [2.75, 3.05) is 0 Å². The average molecular weight is 249 g/mol. The maximum absolute atomic E-state index is 12.0. The number of phenolic OH excluding ortho intramolecular Hbond substituents is 1. The van der Waals surface area contributed by atoms with E-state index in [1.54, 1.807) is 0 Å². The minimum Gasteiger partial charge on any atom is -0.508 e. The second kappa shape index (κ2) is 5.05. The number of phenols is 1. The minimum atomic E-state index is -4.75. The van der Waals surface area contributed by atoms with Crippen molar-refractivity contribution in [3.8, 4) is 5.75 Å². The van der Waals surface area contributed by atoms with Crippen LogP contribution in [0.4, 0.5) is 13.2 Å². The number of aromatic hydroxyl groups is 1. The smallest absolute Gasteiger partial charge is 0.457 e. The van der Waals surface area contributed by atoms with Gasteiger partial charge in [0.1, 0.15) is 11.8 Å². The maximum Gasteiger partial charge on any atom is 0.457 e. The van der Waals surface area contributed by atoms with E-state index in [1.807, 2.05) is 0 Å². The first-order chi connectivity index (χ1) is 7.78. The van der Waals surface area contributed by atoms with Gasteiger partial charge in [-0.3, -0.25) is 4.79 Å². The summed E-state index contributed by atoms with van der Waals surface area (Å²) < 4.78 is 36.1. The molecule has 0 aliphatic carbocycles. The number of alkyl halides is 3. The fraction of sp³-hybridized carbons (Fsp3) is 0.300. The van der Waals surface area contributed by atoms with Gasteiger partial charge in [0.2, 0.25) is 0 Å². The maximum atomic E-state index is 12.0. The third kappa shape index (κ3) is 4.73. The van der Waals surface area contributed by atoms with Gasteiger partial charge in [-0.1, -0.05) is 12.1 Å². The highest BCUT2D eigenvalue weighted by Gasteiger charge is 2.34. The van der Waals surface area contributed by atoms with E-state index < -0.39 is 18.3 Å². The number of nitrogens with one attached hydrogen (secondary N) is 1. The standard InChI is InChI=1S/C10H10F3NO3/c11-10(12,13)14-8(9(16)17)5-6-1-3-7(15)4-2-6/h1-4,8,14-15H,5H2,(H,16,17)/t8-/m1/s1. The fourth-order valence-electron chi connectivity index (χ4n) is 1.27. The van der Waals surface area contributed by atoms with E-state index in [9.17, 15) is 18.0 Å². The van der Waals surface area contributed by atoms with Crippen LogP contribution in [0.2, 0.25) is 0 Å². The summed E-state index contributed by atoms with van der Waals surface area (Å²) in [5, 5.41) is 18.7. The Kier molecular flexibility index (Phi) is 3.95. The van der Waals surface area contributed by atoms with Gasteiger partial charge in [-0.25, -0.2) is 5.32 Å². The lowest BCUT2D eigenvalue weighted by Crippen LogP contribution is -2.46. The number of carboxylic acid groups (broad SMARTS) is 1. The zero-order valence-electron chi connectivity index (χ0n) is 8.53. The molecule has 0 bridgehead atoms. The van der Waals surface area contributed by atoms with E-state index in [0.29, 0.717) is 5.56 Å². The van der Waals surface area contributed by atoms with Gasteiger partial charge in [0.15, 0.2) is 0 Å². The summed E-state index contributed by atoms with van der Waals surface area (Å²) in [7, 11) is 0. The zero-order valence-corrected chi connectivity index (χ0v) is 8.53. The number of carboxylic acids is 1. The number of halogens is 3. The summed E-state index contributed by atoms with van der Waals surface area (Å²) in [6.07, 6.45) is -5.07. The Morgan fingerprint density at radius 3 is 2.24 bits per heavy atom. The minimum absolute atomic E-state index is 0.0376. The van der Waals surface area contributed by atoms with Crippen LogP contribution in [0.15, 0.2) is 24.3 Å². The predicted molar refractivity (Wildman–Crippen MR) is 52.4 cm³/mol. The Morgan fingerprint density at radius 1 is 1.29 bits per heavy atom. The summed E-state index contributed by atoms with van der Waals surface area (Å²) in [5.74, 6) is -1.63. The van der Waals surface area contributed by atoms with Crippen molar-refractivity contribution in [3.63, 3.8) is 0 Å². The van der Waals surface area contributed by atoms with Crippen LogP contribution < -0.4 is 5.32 Å². The number of hydrogen-bond acceptors (Lipinski definition) is 3. The highest BCUT2D eigenvalue weighted by atomic mass is 19.4. The molecule has 0 amide bonds. The van der Waals surface area contributed by atoms with Gasteiger partial charge in [-0.2, -0.15) is 13.2 Å². The molecule has 0 fully saturated rings. The van der Waals surface area contributed by atoms with Gasteiger partial charge in [0.05, 0.1) is 0 Å². The SMILES string of the molecule is O=C(O)[C@@H](Cc1ccc(O)cc1)NC(F)(F)F. The van der Waals surface area contributed by atoms with Crippen LogP contribution in [0.5, 0.6) is 5.75 Å². The molecule has 1 aromatic rings. The van der Waals surface area contributed by atoms with Crippen molar-refractivity contribution in [2.45, 2.75) is 18.8 Å². The lowest BCUT2D eigenvalue weighted by Gasteiger charge is -2.16. The quantitative estimate of drug-likeness (QED) is 0.707. The highest BCUT2D eigenvalue weighted by molar-refractivity contribution is 5.74. The first-order valence-corrected chi connectivity index (χ1v) is 4.63. The average Bonchev–Trinajstić information content (AvgIpc) is 2.18. The Labute approximate surface area is 94.7 Å². The predicted octanol–water partition coefficient (Wildman–Crippen LogP) is 1.50. The van der Waals surface area contributed by atoms with Gasteiger partial charge in [0, 0.05) is 0 Å². The van der Waals surface area contributed by atoms with Crippen molar-refractivity contribution in [2.24, 2.45) is 0 Å². The van der Waals surface area contributed by atoms with Gasteiger partial charge >= 0.3 is 12.3 Å². The van der Waals surface area contributed by atoms with Crippen LogP contribution in [0.3, 0.4) is 0 Å². The van der Waals surface area contributed by atoms with E-state index in [1.165, 1.54) is 24.3 Å². The molecule has 0 aliphatic heterocycles. The Bertz CT molecular complexity index is 389. The molecule has 0 aliphatic rings. The monoisotopic (exact) mass is 249 g/mol. The summed E-state index contributed by atoms with van der Waals surface area (Å²) >= 11 is 0. The van der Waals surface area contributed by atoms with Gasteiger partial charge in [0.25, 0.3) is 0 Å². The second-order valence-corrected chi connectivity index (χ2v) is 3.40. The molecule has 0 saturated heterocycles. The molecule has 3 N–H and O–H groups in total. The molecular weight excluding hydrogens is 239 g/mol. The van der Waals surface area contributed by atoms with Crippen molar-refractivity contribution >= 4 is 5.97 Å². The summed E-state index contributed by atoms with van der Waals surface area (Å²) in [6, 6.07) is 3.54. The molecule has 0 unspecified atom stereocenters. The number of benzene rings is 1. The fourth-order valence-corrected chi connectivity index (χ4v) is 1.27. The molecule has 7 heteroatoms. The zero-order chi connectivity index (χ0) is 13.1. The van der Waals surface area contributed by atoms with Crippen LogP contribution >= 0.6 is 0 Å². The molecule has 1 rings (SSSR count). The molecule has 1 aromatic carbocycles. The lowest BCUT2D eigenvalue weighted by molar-refractivity contribution is -0.174. The number of hydrogen-bond donors (Lipinski definition) is 3. The lowest BCUT2D eigenvalue weighted by atomic mass is 10.1. The van der Waals surface area contributed by atoms with Gasteiger partial charge < -0.3 is 10.2 Å². The van der Waals surface area contributed by atoms with E-state index in [2.05, 4.69) is 0 Å². The molecule has 17 heavy (non-hydrogen) atoms. The largest absolute Gasteiger partial charge is 0.508 e. The first kappa shape index (κ1) is 13.3. The third-order valence-corrected chi connectivity index (χ3v) is 2.01. The third-order valence-electron chi connectivity index (χ3n) is 2.01. The van der Waals surface area contributed by atoms with Crippen molar-refractivity contribution in [1.29, 1.82) is 0 Å². The van der Waals surface area contributed by atoms with E-state index in [4.69, 9.17) is 10.2 Å². The molecule has 0 saturated carbocycles. The van der Waals surface area contributed by atoms with Crippen LogP contribution in [-0.4, -0.2) is 28.5 Å². The summed E-state index contributed by atoms with van der Waals surface area (Å²) in [4.78, 5) is 10.6. The number of carbonyl (C=O) groups is 1. The molecule has 0 spiro atoms. The molecule has 0 heterocycles. The second-order valence-electron chi connectivity index (χ2n) is 3.40. The van der Waals surface area contributed by atoms with Crippen LogP contribution in [0, 0.1) is 0 Å². The van der Waals surface area contributed by atoms with E-state index in [0.717, 1.165) is 5.32 Å². The van der Waals surface area contributed by atoms with Gasteiger partial charge in [-0.15, -0.1) is 0 Å². The summed E-state index contributed by atoms with van der Waals surface area (Å²) in [6.45, 7) is 0. The summed E-state index contributed by atoms with van der Waals surface area (Å²) in [5.41, 5.74) is 0.381. The van der Waals surface area contributed by atoms with E-state index >= 15 is 0 Å². The molecular formula is C10H10F3NO3. The van der Waals surface area contributed by atoms with E-state index in [-0.39, 0.29) is 12.2 Å². The normalized spacial score (nSPS) is 13.4. The van der Waals surface area contributed by atoms with Crippen LogP contribution in [0.1, 0.15) is 5.56 Å². The van der Waals surface area contributed by atoms with Crippen LogP contribution in [0.25, 0.3) is 0 Å². The Hall–Kier alpha value is -1.76. The van der Waals surface area contributed by atoms with Crippen molar-refractivity contribution in [3.05, 3.63) is 29.8 Å².